The predicted molar refractivity (Wildman–Crippen MR) is 69.4 cm³/mol. The van der Waals surface area contributed by atoms with Gasteiger partial charge in [0.15, 0.2) is 11.0 Å². The van der Waals surface area contributed by atoms with E-state index in [0.29, 0.717) is 16.9 Å². The summed E-state index contributed by atoms with van der Waals surface area (Å²) in [4.78, 5) is 14.9. The van der Waals surface area contributed by atoms with E-state index in [4.69, 9.17) is 9.52 Å². The maximum atomic E-state index is 10.6. The molecule has 2 heterocycles. The van der Waals surface area contributed by atoms with E-state index in [2.05, 4.69) is 15.2 Å². The lowest BCUT2D eigenvalue weighted by atomic mass is 10.4. The Kier molecular flexibility index (Phi) is 4.40. The van der Waals surface area contributed by atoms with Crippen LogP contribution in [-0.2, 0) is 17.9 Å². The Labute approximate surface area is 118 Å². The van der Waals surface area contributed by atoms with Crippen LogP contribution in [0.4, 0.5) is 0 Å². The zero-order valence-corrected chi connectivity index (χ0v) is 11.8. The number of carbonyl (C=O) groups is 1. The minimum atomic E-state index is -0.946. The Morgan fingerprint density at radius 1 is 1.40 bits per heavy atom. The molecule has 0 aromatic carbocycles. The average molecular weight is 298 g/mol. The molecule has 8 nitrogen and oxygen atoms in total. The number of aliphatic hydroxyl groups excluding tert-OH is 1. The lowest BCUT2D eigenvalue weighted by Crippen LogP contribution is -2.08. The molecule has 0 aliphatic rings. The van der Waals surface area contributed by atoms with Crippen LogP contribution in [0.15, 0.2) is 9.57 Å². The second-order valence-electron chi connectivity index (χ2n) is 4.07. The van der Waals surface area contributed by atoms with Crippen molar-refractivity contribution in [3.05, 3.63) is 23.2 Å². The van der Waals surface area contributed by atoms with Crippen LogP contribution in [-0.4, -0.2) is 41.7 Å². The van der Waals surface area contributed by atoms with E-state index < -0.39 is 5.97 Å². The van der Waals surface area contributed by atoms with Crippen molar-refractivity contribution in [2.45, 2.75) is 32.2 Å². The number of hydrogen-bond donors (Lipinski definition) is 2. The topological polar surface area (TPSA) is 114 Å². The number of hydrogen-bond acceptors (Lipinski definition) is 7. The first kappa shape index (κ1) is 14.5. The van der Waals surface area contributed by atoms with Crippen molar-refractivity contribution < 1.29 is 19.4 Å². The van der Waals surface area contributed by atoms with Gasteiger partial charge in [0.05, 0.1) is 11.4 Å². The van der Waals surface area contributed by atoms with Crippen molar-refractivity contribution in [1.29, 1.82) is 0 Å². The summed E-state index contributed by atoms with van der Waals surface area (Å²) in [6, 6.07) is 0. The fraction of sp³-hybridized carbons (Fsp3) is 0.455. The molecule has 0 amide bonds. The zero-order valence-electron chi connectivity index (χ0n) is 11.0. The quantitative estimate of drug-likeness (QED) is 0.745. The Hall–Kier alpha value is -1.87. The lowest BCUT2D eigenvalue weighted by molar-refractivity contribution is -0.133. The first-order chi connectivity index (χ1) is 9.51. The molecule has 20 heavy (non-hydrogen) atoms. The molecule has 0 aliphatic heterocycles. The van der Waals surface area contributed by atoms with Gasteiger partial charge < -0.3 is 14.6 Å². The molecule has 0 unspecified atom stereocenters. The van der Waals surface area contributed by atoms with E-state index in [1.807, 2.05) is 13.8 Å². The van der Waals surface area contributed by atoms with Crippen LogP contribution in [0.25, 0.3) is 0 Å². The average Bonchev–Trinajstić information content (AvgIpc) is 2.91. The van der Waals surface area contributed by atoms with Crippen molar-refractivity contribution in [2.75, 3.05) is 5.75 Å². The van der Waals surface area contributed by atoms with Crippen molar-refractivity contribution in [2.24, 2.45) is 0 Å². The minimum Gasteiger partial charge on any atom is -0.481 e. The molecule has 0 bridgehead atoms. The van der Waals surface area contributed by atoms with E-state index in [0.717, 1.165) is 23.2 Å². The van der Waals surface area contributed by atoms with Crippen molar-refractivity contribution >= 4 is 17.7 Å². The highest BCUT2D eigenvalue weighted by molar-refractivity contribution is 7.99. The van der Waals surface area contributed by atoms with Gasteiger partial charge in [0.1, 0.15) is 18.9 Å². The monoisotopic (exact) mass is 298 g/mol. The number of oxazole rings is 1. The highest BCUT2D eigenvalue weighted by atomic mass is 32.2. The molecule has 0 aliphatic carbocycles. The third-order valence-electron chi connectivity index (χ3n) is 2.63. The summed E-state index contributed by atoms with van der Waals surface area (Å²) in [5.41, 5.74) is 0.790. The number of aliphatic carboxylic acids is 1. The Morgan fingerprint density at radius 3 is 2.70 bits per heavy atom. The van der Waals surface area contributed by atoms with Crippen LogP contribution in [0.5, 0.6) is 0 Å². The van der Waals surface area contributed by atoms with Gasteiger partial charge in [0, 0.05) is 0 Å². The van der Waals surface area contributed by atoms with Crippen LogP contribution in [0.3, 0.4) is 0 Å². The first-order valence-electron chi connectivity index (χ1n) is 5.81. The van der Waals surface area contributed by atoms with E-state index in [9.17, 15) is 9.90 Å². The fourth-order valence-electron chi connectivity index (χ4n) is 1.57. The number of thioether (sulfide) groups is 1. The molecule has 2 N–H and O–H groups in total. The summed E-state index contributed by atoms with van der Waals surface area (Å²) < 4.78 is 7.07. The molecular weight excluding hydrogens is 284 g/mol. The lowest BCUT2D eigenvalue weighted by Gasteiger charge is -2.05. The summed E-state index contributed by atoms with van der Waals surface area (Å²) >= 11 is 1.03. The summed E-state index contributed by atoms with van der Waals surface area (Å²) in [5, 5.41) is 26.0. The number of carboxylic acid groups (broad SMARTS) is 1. The molecule has 108 valence electrons. The molecule has 0 spiro atoms. The molecule has 2 rings (SSSR count). The second-order valence-corrected chi connectivity index (χ2v) is 5.02. The van der Waals surface area contributed by atoms with Crippen LogP contribution >= 0.6 is 11.8 Å². The van der Waals surface area contributed by atoms with Crippen LogP contribution in [0.2, 0.25) is 0 Å². The minimum absolute atomic E-state index is 0.132. The Bertz CT molecular complexity index is 602. The summed E-state index contributed by atoms with van der Waals surface area (Å²) in [5.74, 6) is 0.446. The van der Waals surface area contributed by atoms with E-state index in [-0.39, 0.29) is 18.9 Å². The van der Waals surface area contributed by atoms with Crippen LogP contribution < -0.4 is 0 Å². The summed E-state index contributed by atoms with van der Waals surface area (Å²) in [6.07, 6.45) is 0. The third kappa shape index (κ3) is 3.17. The van der Waals surface area contributed by atoms with Gasteiger partial charge in [-0.1, -0.05) is 11.8 Å². The van der Waals surface area contributed by atoms with Crippen LogP contribution in [0, 0.1) is 13.8 Å². The molecule has 9 heteroatoms. The summed E-state index contributed by atoms with van der Waals surface area (Å²) in [7, 11) is 0. The molecule has 2 aromatic rings. The van der Waals surface area contributed by atoms with E-state index in [1.165, 1.54) is 0 Å². The number of rotatable bonds is 6. The molecule has 0 radical (unpaired) electrons. The fourth-order valence-corrected chi connectivity index (χ4v) is 2.25. The zero-order chi connectivity index (χ0) is 14.7. The molecule has 2 aromatic heterocycles. The number of aliphatic hydroxyl groups is 1. The van der Waals surface area contributed by atoms with Gasteiger partial charge in [-0.15, -0.1) is 10.2 Å². The van der Waals surface area contributed by atoms with Gasteiger partial charge in [0.25, 0.3) is 0 Å². The van der Waals surface area contributed by atoms with Gasteiger partial charge >= 0.3 is 5.97 Å². The molecule has 0 atom stereocenters. The smallest absolute Gasteiger partial charge is 0.313 e. The maximum absolute atomic E-state index is 10.6. The van der Waals surface area contributed by atoms with Crippen molar-refractivity contribution in [3.63, 3.8) is 0 Å². The maximum Gasteiger partial charge on any atom is 0.313 e. The highest BCUT2D eigenvalue weighted by Crippen LogP contribution is 2.19. The second kappa shape index (κ2) is 6.06. The Balaban J connectivity index is 2.23. The molecule has 0 saturated heterocycles. The van der Waals surface area contributed by atoms with Gasteiger partial charge in [0.2, 0.25) is 5.89 Å². The van der Waals surface area contributed by atoms with Crippen molar-refractivity contribution in [3.8, 4) is 0 Å². The van der Waals surface area contributed by atoms with Gasteiger partial charge in [-0.25, -0.2) is 4.98 Å². The number of carboxylic acids is 1. The van der Waals surface area contributed by atoms with Gasteiger partial charge in [-0.2, -0.15) is 0 Å². The van der Waals surface area contributed by atoms with Crippen LogP contribution in [0.1, 0.15) is 23.2 Å². The molecule has 0 fully saturated rings. The number of nitrogens with zero attached hydrogens (tertiary/aromatic N) is 4. The van der Waals surface area contributed by atoms with Crippen molar-refractivity contribution in [1.82, 2.24) is 19.7 Å². The molecule has 0 saturated carbocycles. The molecular formula is C11H14N4O4S. The first-order valence-corrected chi connectivity index (χ1v) is 6.80. The largest absolute Gasteiger partial charge is 0.481 e. The van der Waals surface area contributed by atoms with E-state index >= 15 is 0 Å². The highest BCUT2D eigenvalue weighted by Gasteiger charge is 2.16. The predicted octanol–water partition coefficient (Wildman–Crippen LogP) is 0.600. The number of aromatic nitrogens is 4. The normalized spacial score (nSPS) is 10.9. The van der Waals surface area contributed by atoms with Gasteiger partial charge in [-0.3, -0.25) is 9.36 Å². The number of aryl methyl sites for hydroxylation is 2. The Morgan fingerprint density at radius 2 is 2.15 bits per heavy atom. The standard InChI is InChI=1S/C11H14N4O4S/c1-6-7(2)19-9(12-6)3-15-8(4-16)13-14-11(15)20-5-10(17)18/h16H,3-5H2,1-2H3,(H,17,18). The SMILES string of the molecule is Cc1nc(Cn2c(CO)nnc2SCC(=O)O)oc1C. The van der Waals surface area contributed by atoms with E-state index in [1.54, 1.807) is 4.57 Å². The third-order valence-corrected chi connectivity index (χ3v) is 3.58. The van der Waals surface area contributed by atoms with Gasteiger partial charge in [-0.05, 0) is 13.8 Å². The summed E-state index contributed by atoms with van der Waals surface area (Å²) in [6.45, 7) is 3.60.